The van der Waals surface area contributed by atoms with Gasteiger partial charge in [-0.25, -0.2) is 18.4 Å². The zero-order valence-electron chi connectivity index (χ0n) is 12.1. The first kappa shape index (κ1) is 14.5. The molecule has 7 heteroatoms. The van der Waals surface area contributed by atoms with Crippen molar-refractivity contribution in [2.24, 2.45) is 0 Å². The zero-order chi connectivity index (χ0) is 15.6. The van der Waals surface area contributed by atoms with Crippen LogP contribution in [0.25, 0.3) is 11.4 Å². The highest BCUT2D eigenvalue weighted by molar-refractivity contribution is 7.90. The van der Waals surface area contributed by atoms with Crippen LogP contribution in [0.4, 0.5) is 0 Å². The van der Waals surface area contributed by atoms with Gasteiger partial charge in [0.1, 0.15) is 5.82 Å². The summed E-state index contributed by atoms with van der Waals surface area (Å²) in [6, 6.07) is 6.79. The topological polar surface area (TPSA) is 69.8 Å². The van der Waals surface area contributed by atoms with Crippen LogP contribution >= 0.6 is 0 Å². The van der Waals surface area contributed by atoms with Crippen molar-refractivity contribution in [1.29, 1.82) is 0 Å². The molecule has 2 aromatic heterocycles. The number of aryl methyl sites for hydroxylation is 2. The van der Waals surface area contributed by atoms with Crippen LogP contribution in [0, 0.1) is 0 Å². The zero-order valence-corrected chi connectivity index (χ0v) is 12.9. The number of hydrogen-bond donors (Lipinski definition) is 0. The van der Waals surface area contributed by atoms with E-state index in [-0.39, 0.29) is 0 Å². The highest BCUT2D eigenvalue weighted by Gasteiger charge is 2.09. The van der Waals surface area contributed by atoms with Gasteiger partial charge in [0.05, 0.1) is 11.2 Å². The molecule has 0 spiro atoms. The number of hydrogen-bond acceptors (Lipinski definition) is 4. The molecule has 0 aliphatic heterocycles. The first-order chi connectivity index (χ1) is 10.5. The lowest BCUT2D eigenvalue weighted by Crippen LogP contribution is -2.06. The minimum absolute atomic E-state index is 0.313. The highest BCUT2D eigenvalue weighted by atomic mass is 32.2. The van der Waals surface area contributed by atoms with Crippen LogP contribution in [0.1, 0.15) is 0 Å². The van der Waals surface area contributed by atoms with Gasteiger partial charge in [-0.2, -0.15) is 0 Å². The molecule has 3 aromatic rings. The maximum atomic E-state index is 11.5. The summed E-state index contributed by atoms with van der Waals surface area (Å²) in [5.74, 6) is 0.820. The molecular formula is C15H16N4O2S. The highest BCUT2D eigenvalue weighted by Crippen LogP contribution is 2.20. The average Bonchev–Trinajstić information content (AvgIpc) is 3.16. The van der Waals surface area contributed by atoms with Crippen LogP contribution in [0.5, 0.6) is 0 Å². The van der Waals surface area contributed by atoms with Crippen molar-refractivity contribution in [3.05, 3.63) is 55.4 Å². The van der Waals surface area contributed by atoms with Crippen molar-refractivity contribution in [3.63, 3.8) is 0 Å². The first-order valence-electron chi connectivity index (χ1n) is 6.81. The average molecular weight is 316 g/mol. The van der Waals surface area contributed by atoms with Gasteiger partial charge in [-0.05, 0) is 24.3 Å². The third-order valence-corrected chi connectivity index (χ3v) is 4.54. The summed E-state index contributed by atoms with van der Waals surface area (Å²) in [5.41, 5.74) is 0.892. The number of sulfone groups is 1. The second-order valence-corrected chi connectivity index (χ2v) is 7.06. The fourth-order valence-electron chi connectivity index (χ4n) is 2.24. The summed E-state index contributed by atoms with van der Waals surface area (Å²) in [6.07, 6.45) is 10.3. The van der Waals surface area contributed by atoms with Crippen molar-refractivity contribution >= 4 is 9.84 Å². The van der Waals surface area contributed by atoms with Gasteiger partial charge in [0.25, 0.3) is 0 Å². The van der Waals surface area contributed by atoms with Crippen LogP contribution in [-0.4, -0.2) is 33.8 Å². The predicted molar refractivity (Wildman–Crippen MR) is 83.0 cm³/mol. The Bertz CT molecular complexity index is 849. The quantitative estimate of drug-likeness (QED) is 0.720. The van der Waals surface area contributed by atoms with Crippen molar-refractivity contribution in [2.75, 3.05) is 6.26 Å². The molecule has 0 fully saturated rings. The lowest BCUT2D eigenvalue weighted by Gasteiger charge is -2.09. The third-order valence-electron chi connectivity index (χ3n) is 3.41. The van der Waals surface area contributed by atoms with Crippen molar-refractivity contribution < 1.29 is 8.42 Å². The third kappa shape index (κ3) is 3.09. The van der Waals surface area contributed by atoms with E-state index in [0.717, 1.165) is 24.5 Å². The largest absolute Gasteiger partial charge is 0.336 e. The van der Waals surface area contributed by atoms with Crippen molar-refractivity contribution in [2.45, 2.75) is 18.0 Å². The normalized spacial score (nSPS) is 11.7. The van der Waals surface area contributed by atoms with E-state index in [1.807, 2.05) is 21.5 Å². The summed E-state index contributed by atoms with van der Waals surface area (Å²) in [7, 11) is -3.18. The van der Waals surface area contributed by atoms with E-state index in [1.54, 1.807) is 43.0 Å². The first-order valence-corrected chi connectivity index (χ1v) is 8.70. The van der Waals surface area contributed by atoms with Crippen LogP contribution in [0.3, 0.4) is 0 Å². The van der Waals surface area contributed by atoms with E-state index in [1.165, 1.54) is 6.26 Å². The molecule has 6 nitrogen and oxygen atoms in total. The Hall–Kier alpha value is -2.41. The minimum Gasteiger partial charge on any atom is -0.336 e. The second-order valence-electron chi connectivity index (χ2n) is 5.04. The van der Waals surface area contributed by atoms with E-state index in [2.05, 4.69) is 9.97 Å². The summed E-state index contributed by atoms with van der Waals surface area (Å²) in [4.78, 5) is 8.70. The molecule has 1 aromatic carbocycles. The molecule has 0 unspecified atom stereocenters. The maximum Gasteiger partial charge on any atom is 0.175 e. The van der Waals surface area contributed by atoms with E-state index in [9.17, 15) is 8.42 Å². The van der Waals surface area contributed by atoms with E-state index in [0.29, 0.717) is 4.90 Å². The molecule has 0 saturated heterocycles. The summed E-state index contributed by atoms with van der Waals surface area (Å²) in [6.45, 7) is 1.56. The van der Waals surface area contributed by atoms with Crippen molar-refractivity contribution in [3.8, 4) is 11.4 Å². The molecule has 0 aliphatic carbocycles. The number of rotatable bonds is 5. The minimum atomic E-state index is -3.18. The van der Waals surface area contributed by atoms with Gasteiger partial charge in [-0.15, -0.1) is 0 Å². The lowest BCUT2D eigenvalue weighted by molar-refractivity contribution is 0.582. The molecule has 0 amide bonds. The number of aromatic nitrogens is 4. The van der Waals surface area contributed by atoms with E-state index in [4.69, 9.17) is 0 Å². The number of benzene rings is 1. The van der Waals surface area contributed by atoms with Crippen LogP contribution in [0.2, 0.25) is 0 Å². The fourth-order valence-corrected chi connectivity index (χ4v) is 2.87. The van der Waals surface area contributed by atoms with Gasteiger partial charge < -0.3 is 9.13 Å². The van der Waals surface area contributed by atoms with E-state index < -0.39 is 9.84 Å². The summed E-state index contributed by atoms with van der Waals surface area (Å²) < 4.78 is 27.0. The number of imidazole rings is 2. The number of nitrogens with zero attached hydrogens (tertiary/aromatic N) is 4. The Morgan fingerprint density at radius 1 is 1.05 bits per heavy atom. The van der Waals surface area contributed by atoms with Crippen molar-refractivity contribution in [1.82, 2.24) is 19.1 Å². The summed E-state index contributed by atoms with van der Waals surface area (Å²) >= 11 is 0. The second kappa shape index (κ2) is 5.76. The Labute approximate surface area is 129 Å². The van der Waals surface area contributed by atoms with Crippen LogP contribution in [-0.2, 0) is 22.9 Å². The molecular weight excluding hydrogens is 300 g/mol. The van der Waals surface area contributed by atoms with Crippen LogP contribution in [0.15, 0.2) is 60.3 Å². The standard InChI is InChI=1S/C15H16N4O2S/c1-22(20,21)14-4-2-13(3-5-14)15-17-7-9-19(15)11-10-18-8-6-16-12-18/h2-9,12H,10-11H2,1H3. The van der Waals surface area contributed by atoms with Gasteiger partial charge >= 0.3 is 0 Å². The Balaban J connectivity index is 1.82. The van der Waals surface area contributed by atoms with Gasteiger partial charge in [0, 0.05) is 49.7 Å². The molecule has 3 rings (SSSR count). The van der Waals surface area contributed by atoms with Gasteiger partial charge in [-0.1, -0.05) is 0 Å². The molecule has 0 bridgehead atoms. The predicted octanol–water partition coefficient (Wildman–Crippen LogP) is 1.85. The summed E-state index contributed by atoms with van der Waals surface area (Å²) in [5, 5.41) is 0. The van der Waals surface area contributed by atoms with E-state index >= 15 is 0 Å². The molecule has 0 N–H and O–H groups in total. The lowest BCUT2D eigenvalue weighted by atomic mass is 10.2. The molecule has 0 saturated carbocycles. The van der Waals surface area contributed by atoms with Gasteiger partial charge in [0.15, 0.2) is 9.84 Å². The molecule has 22 heavy (non-hydrogen) atoms. The maximum absolute atomic E-state index is 11.5. The monoisotopic (exact) mass is 316 g/mol. The Kier molecular flexibility index (Phi) is 3.81. The molecule has 114 valence electrons. The molecule has 0 aliphatic rings. The molecule has 0 radical (unpaired) electrons. The van der Waals surface area contributed by atoms with Gasteiger partial charge in [-0.3, -0.25) is 0 Å². The molecule has 0 atom stereocenters. The smallest absolute Gasteiger partial charge is 0.175 e. The Morgan fingerprint density at radius 3 is 2.45 bits per heavy atom. The SMILES string of the molecule is CS(=O)(=O)c1ccc(-c2nccn2CCn2ccnc2)cc1. The van der Waals surface area contributed by atoms with Gasteiger partial charge in [0.2, 0.25) is 0 Å². The Morgan fingerprint density at radius 2 is 1.82 bits per heavy atom. The fraction of sp³-hybridized carbons (Fsp3) is 0.200. The molecule has 2 heterocycles. The van der Waals surface area contributed by atoms with Crippen LogP contribution < -0.4 is 0 Å².